The molecule has 1 unspecified atom stereocenters. The second-order valence-corrected chi connectivity index (χ2v) is 14.7. The van der Waals surface area contributed by atoms with Crippen LogP contribution in [0.3, 0.4) is 0 Å². The van der Waals surface area contributed by atoms with Crippen LogP contribution in [0.15, 0.2) is 0 Å². The van der Waals surface area contributed by atoms with Gasteiger partial charge in [-0.1, -0.05) is 0 Å². The van der Waals surface area contributed by atoms with Crippen molar-refractivity contribution in [2.24, 2.45) is 0 Å². The number of carbonyl (C=O) groups excluding carboxylic acids is 1. The summed E-state index contributed by atoms with van der Waals surface area (Å²) < 4.78 is 52.1. The number of hydrogen-bond acceptors (Lipinski definition) is 24. The van der Waals surface area contributed by atoms with Crippen LogP contribution >= 0.6 is 0 Å². The number of aliphatic hydroxyl groups excluding tert-OH is 14. The second kappa shape index (κ2) is 19.5. The fourth-order valence-electron chi connectivity index (χ4n) is 7.28. The molecule has 332 valence electrons. The van der Waals surface area contributed by atoms with E-state index in [4.69, 9.17) is 42.6 Å². The van der Waals surface area contributed by atoms with Gasteiger partial charge in [0.15, 0.2) is 31.5 Å². The van der Waals surface area contributed by atoms with Gasteiger partial charge in [0.25, 0.3) is 0 Å². The third-order valence-corrected chi connectivity index (χ3v) is 10.6. The maximum atomic E-state index is 12.2. The number of amides is 1. The van der Waals surface area contributed by atoms with Crippen molar-refractivity contribution >= 4 is 5.91 Å². The molecular weight excluding hydrogens is 782 g/mol. The Morgan fingerprint density at radius 2 is 0.895 bits per heavy atom. The second-order valence-electron chi connectivity index (χ2n) is 14.7. The van der Waals surface area contributed by atoms with Crippen LogP contribution in [-0.2, 0) is 47.4 Å². The van der Waals surface area contributed by atoms with E-state index < -0.39 is 179 Å². The van der Waals surface area contributed by atoms with Crippen LogP contribution in [0.2, 0.25) is 0 Å². The van der Waals surface area contributed by atoms with E-state index in [1.807, 2.05) is 0 Å². The molecule has 57 heavy (non-hydrogen) atoms. The van der Waals surface area contributed by atoms with Crippen molar-refractivity contribution < 1.29 is 119 Å². The van der Waals surface area contributed by atoms with Gasteiger partial charge < -0.3 is 119 Å². The largest absolute Gasteiger partial charge is 0.394 e. The van der Waals surface area contributed by atoms with E-state index in [0.717, 1.165) is 6.92 Å². The summed E-state index contributed by atoms with van der Waals surface area (Å²) >= 11 is 0. The Balaban J connectivity index is 1.54. The van der Waals surface area contributed by atoms with Gasteiger partial charge in [-0.25, -0.2) is 0 Å². The molecule has 5 aliphatic rings. The molecule has 0 bridgehead atoms. The molecule has 15 N–H and O–H groups in total. The van der Waals surface area contributed by atoms with Crippen LogP contribution in [0, 0.1) is 0 Å². The molecule has 5 rings (SSSR count). The number of carbonyl (C=O) groups is 1. The first-order chi connectivity index (χ1) is 26.8. The lowest BCUT2D eigenvalue weighted by molar-refractivity contribution is -0.408. The smallest absolute Gasteiger partial charge is 0.217 e. The summed E-state index contributed by atoms with van der Waals surface area (Å²) in [7, 11) is 0. The Labute approximate surface area is 324 Å². The number of hydrogen-bond donors (Lipinski definition) is 15. The third-order valence-electron chi connectivity index (χ3n) is 10.6. The first-order valence-electron chi connectivity index (χ1n) is 18.3. The molecule has 25 nitrogen and oxygen atoms in total. The van der Waals surface area contributed by atoms with Crippen molar-refractivity contribution in [2.75, 3.05) is 19.8 Å². The van der Waals surface area contributed by atoms with Crippen LogP contribution in [0.1, 0.15) is 20.8 Å². The van der Waals surface area contributed by atoms with Crippen molar-refractivity contribution in [3.8, 4) is 0 Å². The quantitative estimate of drug-likeness (QED) is 0.0867. The molecule has 25 heteroatoms. The normalized spacial score (nSPS) is 52.3. The Bertz CT molecular complexity index is 1290. The predicted octanol–water partition coefficient (Wildman–Crippen LogP) is -9.73. The minimum atomic E-state index is -2.07. The van der Waals surface area contributed by atoms with Gasteiger partial charge in [0.05, 0.1) is 32.0 Å². The SMILES string of the molecule is CC(=O)N[C@H]1[C@@H](O[C@H]2[C@@H](O)[C@@H](CO)O[C@@H](O[C@H]3[C@H](O[C@@H]4O[C@@H](C)[C@@H](O)[C@@H](O)[C@@H]4O)[C@@H](O)C(O)O[C@@H]3CO)[C@@H]2O[C@@H]2O[C@@H](C)[C@@H](O)[C@@H](O)[C@@H]2O)O[C@H](CO)[C@H](O)[C@@H]1O. The fourth-order valence-corrected chi connectivity index (χ4v) is 7.28. The minimum Gasteiger partial charge on any atom is -0.394 e. The molecule has 5 heterocycles. The summed E-state index contributed by atoms with van der Waals surface area (Å²) in [6.45, 7) is 0.896. The van der Waals surface area contributed by atoms with E-state index in [9.17, 15) is 76.3 Å². The summed E-state index contributed by atoms with van der Waals surface area (Å²) in [5.41, 5.74) is 0. The van der Waals surface area contributed by atoms with Gasteiger partial charge >= 0.3 is 0 Å². The van der Waals surface area contributed by atoms with Crippen molar-refractivity contribution in [3.05, 3.63) is 0 Å². The van der Waals surface area contributed by atoms with Crippen molar-refractivity contribution in [1.82, 2.24) is 5.32 Å². The first-order valence-corrected chi connectivity index (χ1v) is 18.3. The maximum Gasteiger partial charge on any atom is 0.217 e. The zero-order valence-corrected chi connectivity index (χ0v) is 30.9. The Kier molecular flexibility index (Phi) is 16.0. The van der Waals surface area contributed by atoms with Gasteiger partial charge in [0.1, 0.15) is 110 Å². The van der Waals surface area contributed by atoms with Gasteiger partial charge in [0, 0.05) is 6.92 Å². The van der Waals surface area contributed by atoms with Gasteiger partial charge in [-0.3, -0.25) is 4.79 Å². The van der Waals surface area contributed by atoms with E-state index in [0.29, 0.717) is 0 Å². The zero-order chi connectivity index (χ0) is 42.2. The lowest BCUT2D eigenvalue weighted by Crippen LogP contribution is -2.70. The van der Waals surface area contributed by atoms with Crippen molar-refractivity contribution in [3.63, 3.8) is 0 Å². The lowest BCUT2D eigenvalue weighted by atomic mass is 9.94. The highest BCUT2D eigenvalue weighted by Crippen LogP contribution is 2.37. The van der Waals surface area contributed by atoms with Crippen LogP contribution in [-0.4, -0.2) is 251 Å². The number of aliphatic hydroxyl groups is 14. The molecule has 1 amide bonds. The standard InChI is InChI=1S/C32H55NO24/c1-7-14(38)19(43)21(45)30(49-7)56-26-23(47)28(48)51-12(6-36)24(26)54-32-27(57-31-22(46)20(44)15(39)8(2)50-31)25(17(41)11(5-35)53-32)55-29-13(33-9(3)37)18(42)16(40)10(4-34)52-29/h7-8,10-32,34-36,38-48H,4-6H2,1-3H3,(H,33,37)/t7-,8-,10+,11+,12+,13+,14+,15+,16-,17-,18+,19+,20+,21-,22-,23+,24+,25-,26+,27+,28?,29+,30-,31-,32-/m0/s1. The zero-order valence-electron chi connectivity index (χ0n) is 30.9. The lowest BCUT2D eigenvalue weighted by Gasteiger charge is -2.51. The average Bonchev–Trinajstić information content (AvgIpc) is 3.18. The van der Waals surface area contributed by atoms with Gasteiger partial charge in [-0.2, -0.15) is 0 Å². The summed E-state index contributed by atoms with van der Waals surface area (Å²) in [4.78, 5) is 12.2. The van der Waals surface area contributed by atoms with Gasteiger partial charge in [0.2, 0.25) is 5.91 Å². The summed E-state index contributed by atoms with van der Waals surface area (Å²) in [5.74, 6) is -0.747. The van der Waals surface area contributed by atoms with Gasteiger partial charge in [-0.05, 0) is 13.8 Å². The highest BCUT2D eigenvalue weighted by Gasteiger charge is 2.57. The Morgan fingerprint density at radius 3 is 1.40 bits per heavy atom. The van der Waals surface area contributed by atoms with Crippen LogP contribution in [0.4, 0.5) is 0 Å². The molecule has 5 aliphatic heterocycles. The molecule has 0 aromatic rings. The monoisotopic (exact) mass is 837 g/mol. The average molecular weight is 838 g/mol. The molecule has 0 radical (unpaired) electrons. The van der Waals surface area contributed by atoms with Crippen molar-refractivity contribution in [2.45, 2.75) is 174 Å². The maximum absolute atomic E-state index is 12.2. The molecule has 0 aliphatic carbocycles. The molecular formula is C32H55NO24. The Morgan fingerprint density at radius 1 is 0.456 bits per heavy atom. The number of ether oxygens (including phenoxy) is 9. The topological polar surface area (TPSA) is 395 Å². The van der Waals surface area contributed by atoms with E-state index in [2.05, 4.69) is 5.32 Å². The molecule has 25 atom stereocenters. The van der Waals surface area contributed by atoms with Crippen LogP contribution < -0.4 is 5.32 Å². The molecule has 0 spiro atoms. The summed E-state index contributed by atoms with van der Waals surface area (Å²) in [5, 5.41) is 151. The molecule has 0 aromatic carbocycles. The number of nitrogens with one attached hydrogen (secondary N) is 1. The third kappa shape index (κ3) is 9.71. The fraction of sp³-hybridized carbons (Fsp3) is 0.969. The summed E-state index contributed by atoms with van der Waals surface area (Å²) in [6, 6.07) is -1.60. The predicted molar refractivity (Wildman–Crippen MR) is 175 cm³/mol. The van der Waals surface area contributed by atoms with Crippen LogP contribution in [0.5, 0.6) is 0 Å². The van der Waals surface area contributed by atoms with E-state index in [1.54, 1.807) is 0 Å². The highest BCUT2D eigenvalue weighted by molar-refractivity contribution is 5.73. The van der Waals surface area contributed by atoms with E-state index in [-0.39, 0.29) is 0 Å². The highest BCUT2D eigenvalue weighted by atomic mass is 16.8. The molecule has 5 fully saturated rings. The minimum absolute atomic E-state index is 0.747. The number of rotatable bonds is 12. The van der Waals surface area contributed by atoms with Crippen LogP contribution in [0.25, 0.3) is 0 Å². The first kappa shape index (κ1) is 46.6. The van der Waals surface area contributed by atoms with E-state index in [1.165, 1.54) is 13.8 Å². The molecule has 0 aromatic heterocycles. The molecule has 5 saturated heterocycles. The summed E-state index contributed by atoms with van der Waals surface area (Å²) in [6.07, 6.45) is -42.9. The van der Waals surface area contributed by atoms with Gasteiger partial charge in [-0.15, -0.1) is 0 Å². The van der Waals surface area contributed by atoms with Crippen molar-refractivity contribution in [1.29, 1.82) is 0 Å². The Hall–Kier alpha value is -1.45. The molecule has 0 saturated carbocycles. The van der Waals surface area contributed by atoms with E-state index >= 15 is 0 Å².